The van der Waals surface area contributed by atoms with Crippen LogP contribution in [0.25, 0.3) is 0 Å². The summed E-state index contributed by atoms with van der Waals surface area (Å²) < 4.78 is 1.45. The van der Waals surface area contributed by atoms with E-state index in [1.54, 1.807) is 19.3 Å². The Labute approximate surface area is 115 Å². The summed E-state index contributed by atoms with van der Waals surface area (Å²) in [7, 11) is 1.67. The molecule has 1 aromatic heterocycles. The third-order valence-corrected chi connectivity index (χ3v) is 4.27. The van der Waals surface area contributed by atoms with E-state index in [1.807, 2.05) is 0 Å². The summed E-state index contributed by atoms with van der Waals surface area (Å²) in [6, 6.07) is 3.29. The highest BCUT2D eigenvalue weighted by atomic mass is 79.9. The Morgan fingerprint density at radius 2 is 2.06 bits per heavy atom. The Bertz CT molecular complexity index is 490. The molecule has 5 heteroatoms. The third-order valence-electron chi connectivity index (χ3n) is 3.36. The third kappa shape index (κ3) is 3.22. The lowest BCUT2D eigenvalue weighted by Crippen LogP contribution is -2.38. The monoisotopic (exact) mass is 312 g/mol. The molecule has 0 aliphatic heterocycles. The van der Waals surface area contributed by atoms with Gasteiger partial charge >= 0.3 is 0 Å². The quantitative estimate of drug-likeness (QED) is 0.847. The average molecular weight is 313 g/mol. The summed E-state index contributed by atoms with van der Waals surface area (Å²) in [5.41, 5.74) is 0.283. The van der Waals surface area contributed by atoms with Gasteiger partial charge in [-0.1, -0.05) is 15.9 Å². The molecule has 98 valence electrons. The Morgan fingerprint density at radius 1 is 1.39 bits per heavy atom. The number of halogens is 1. The molecule has 0 radical (unpaired) electrons. The average Bonchev–Trinajstić information content (AvgIpc) is 2.35. The number of pyridine rings is 1. The normalized spacial score (nSPS) is 23.7. The molecule has 1 aliphatic rings. The van der Waals surface area contributed by atoms with Crippen LogP contribution in [-0.2, 0) is 7.05 Å². The van der Waals surface area contributed by atoms with Crippen LogP contribution in [0.5, 0.6) is 0 Å². The summed E-state index contributed by atoms with van der Waals surface area (Å²) in [4.78, 5) is 24.0. The largest absolute Gasteiger partial charge is 0.349 e. The summed E-state index contributed by atoms with van der Waals surface area (Å²) in [5, 5.41) is 2.99. The Balaban J connectivity index is 1.99. The number of carbonyl (C=O) groups excluding carboxylic acids is 1. The van der Waals surface area contributed by atoms with Crippen molar-refractivity contribution in [3.8, 4) is 0 Å². The molecular formula is C13H17BrN2O2. The van der Waals surface area contributed by atoms with Gasteiger partial charge in [-0.05, 0) is 31.7 Å². The van der Waals surface area contributed by atoms with E-state index >= 15 is 0 Å². The van der Waals surface area contributed by atoms with Crippen LogP contribution >= 0.6 is 15.9 Å². The first-order valence-electron chi connectivity index (χ1n) is 6.18. The standard InChI is InChI=1S/C13H17BrN2O2/c1-16-7-6-9(8-12(16)17)13(18)15-11-4-2-10(14)3-5-11/h6-8,10-11H,2-5H2,1H3,(H,15,18). The van der Waals surface area contributed by atoms with E-state index in [-0.39, 0.29) is 17.5 Å². The highest BCUT2D eigenvalue weighted by molar-refractivity contribution is 9.09. The number of aromatic nitrogens is 1. The van der Waals surface area contributed by atoms with Crippen molar-refractivity contribution in [2.45, 2.75) is 36.6 Å². The molecule has 0 atom stereocenters. The minimum absolute atomic E-state index is 0.147. The number of aryl methyl sites for hydroxylation is 1. The maximum atomic E-state index is 12.0. The molecule has 1 N–H and O–H groups in total. The van der Waals surface area contributed by atoms with E-state index in [4.69, 9.17) is 0 Å². The Morgan fingerprint density at radius 3 is 2.67 bits per heavy atom. The molecular weight excluding hydrogens is 296 g/mol. The van der Waals surface area contributed by atoms with E-state index in [0.717, 1.165) is 25.7 Å². The number of nitrogens with one attached hydrogen (secondary N) is 1. The number of amides is 1. The second-order valence-electron chi connectivity index (χ2n) is 4.79. The highest BCUT2D eigenvalue weighted by Gasteiger charge is 2.21. The molecule has 0 saturated heterocycles. The number of hydrogen-bond acceptors (Lipinski definition) is 2. The predicted molar refractivity (Wildman–Crippen MR) is 74.1 cm³/mol. The van der Waals surface area contributed by atoms with Gasteiger partial charge in [0.15, 0.2) is 0 Å². The first-order chi connectivity index (χ1) is 8.56. The van der Waals surface area contributed by atoms with E-state index in [2.05, 4.69) is 21.2 Å². The zero-order chi connectivity index (χ0) is 13.1. The number of alkyl halides is 1. The van der Waals surface area contributed by atoms with Crippen LogP contribution < -0.4 is 10.9 Å². The maximum Gasteiger partial charge on any atom is 0.251 e. The lowest BCUT2D eigenvalue weighted by molar-refractivity contribution is 0.0928. The smallest absolute Gasteiger partial charge is 0.251 e. The van der Waals surface area contributed by atoms with Gasteiger partial charge in [0, 0.05) is 35.7 Å². The zero-order valence-electron chi connectivity index (χ0n) is 10.4. The van der Waals surface area contributed by atoms with Gasteiger partial charge in [0.2, 0.25) is 0 Å². The number of rotatable bonds is 2. The molecule has 0 unspecified atom stereocenters. The second-order valence-corrected chi connectivity index (χ2v) is 6.08. The van der Waals surface area contributed by atoms with Crippen LogP contribution in [-0.4, -0.2) is 21.3 Å². The number of carbonyl (C=O) groups is 1. The van der Waals surface area contributed by atoms with E-state index in [1.165, 1.54) is 10.6 Å². The molecule has 1 fully saturated rings. The molecule has 1 amide bonds. The van der Waals surface area contributed by atoms with E-state index in [9.17, 15) is 9.59 Å². The first-order valence-corrected chi connectivity index (χ1v) is 7.09. The Kier molecular flexibility index (Phi) is 4.22. The van der Waals surface area contributed by atoms with E-state index in [0.29, 0.717) is 10.4 Å². The lowest BCUT2D eigenvalue weighted by Gasteiger charge is -2.26. The topological polar surface area (TPSA) is 51.1 Å². The van der Waals surface area contributed by atoms with Crippen LogP contribution in [0.4, 0.5) is 0 Å². The number of nitrogens with zero attached hydrogens (tertiary/aromatic N) is 1. The van der Waals surface area contributed by atoms with Gasteiger partial charge in [-0.15, -0.1) is 0 Å². The molecule has 4 nitrogen and oxygen atoms in total. The van der Waals surface area contributed by atoms with Gasteiger partial charge in [-0.25, -0.2) is 0 Å². The molecule has 18 heavy (non-hydrogen) atoms. The van der Waals surface area contributed by atoms with Gasteiger partial charge in [-0.2, -0.15) is 0 Å². The van der Waals surface area contributed by atoms with Crippen molar-refractivity contribution in [2.24, 2.45) is 7.05 Å². The molecule has 1 aliphatic carbocycles. The summed E-state index contributed by atoms with van der Waals surface area (Å²) in [6.45, 7) is 0. The van der Waals surface area contributed by atoms with Crippen molar-refractivity contribution >= 4 is 21.8 Å². The summed E-state index contributed by atoms with van der Waals surface area (Å²) >= 11 is 3.59. The predicted octanol–water partition coefficient (Wildman–Crippen LogP) is 1.82. The van der Waals surface area contributed by atoms with Crippen LogP contribution in [0.2, 0.25) is 0 Å². The minimum Gasteiger partial charge on any atom is -0.349 e. The van der Waals surface area contributed by atoms with Crippen molar-refractivity contribution in [2.75, 3.05) is 0 Å². The number of hydrogen-bond donors (Lipinski definition) is 1. The van der Waals surface area contributed by atoms with Crippen LogP contribution in [0, 0.1) is 0 Å². The molecule has 0 bridgehead atoms. The van der Waals surface area contributed by atoms with E-state index < -0.39 is 0 Å². The van der Waals surface area contributed by atoms with Gasteiger partial charge < -0.3 is 9.88 Å². The van der Waals surface area contributed by atoms with Crippen molar-refractivity contribution < 1.29 is 4.79 Å². The van der Waals surface area contributed by atoms with Crippen molar-refractivity contribution in [3.05, 3.63) is 34.2 Å². The maximum absolute atomic E-state index is 12.0. The van der Waals surface area contributed by atoms with Gasteiger partial charge in [0.25, 0.3) is 11.5 Å². The first kappa shape index (κ1) is 13.3. The van der Waals surface area contributed by atoms with Gasteiger partial charge in [-0.3, -0.25) is 9.59 Å². The minimum atomic E-state index is -0.160. The SMILES string of the molecule is Cn1ccc(C(=O)NC2CCC(Br)CC2)cc1=O. The van der Waals surface area contributed by atoms with Crippen LogP contribution in [0.3, 0.4) is 0 Å². The molecule has 1 heterocycles. The second kappa shape index (κ2) is 5.69. The van der Waals surface area contributed by atoms with Crippen LogP contribution in [0.15, 0.2) is 23.1 Å². The molecule has 2 rings (SSSR count). The molecule has 0 aromatic carbocycles. The zero-order valence-corrected chi connectivity index (χ0v) is 11.9. The molecule has 0 spiro atoms. The van der Waals surface area contributed by atoms with Crippen molar-refractivity contribution in [1.29, 1.82) is 0 Å². The van der Waals surface area contributed by atoms with Gasteiger partial charge in [0.1, 0.15) is 0 Å². The Hall–Kier alpha value is -1.10. The van der Waals surface area contributed by atoms with Gasteiger partial charge in [0.05, 0.1) is 0 Å². The summed E-state index contributed by atoms with van der Waals surface area (Å²) in [6.07, 6.45) is 5.77. The van der Waals surface area contributed by atoms with Crippen molar-refractivity contribution in [1.82, 2.24) is 9.88 Å². The van der Waals surface area contributed by atoms with Crippen LogP contribution in [0.1, 0.15) is 36.0 Å². The molecule has 1 saturated carbocycles. The highest BCUT2D eigenvalue weighted by Crippen LogP contribution is 2.24. The molecule has 1 aromatic rings. The fourth-order valence-corrected chi connectivity index (χ4v) is 2.68. The summed E-state index contributed by atoms with van der Waals surface area (Å²) in [5.74, 6) is -0.147. The fourth-order valence-electron chi connectivity index (χ4n) is 2.16. The fraction of sp³-hybridized carbons (Fsp3) is 0.538. The lowest BCUT2D eigenvalue weighted by atomic mass is 9.95. The van der Waals surface area contributed by atoms with Crippen molar-refractivity contribution in [3.63, 3.8) is 0 Å².